The molecule has 0 fully saturated rings. The molecule has 0 heterocycles. The van der Waals surface area contributed by atoms with Crippen molar-refractivity contribution in [3.05, 3.63) is 33.8 Å². The molecule has 0 bridgehead atoms. The fourth-order valence-corrected chi connectivity index (χ4v) is 1.69. The number of carbonyl (C=O) groups is 2. The van der Waals surface area contributed by atoms with Gasteiger partial charge in [0.15, 0.2) is 0 Å². The van der Waals surface area contributed by atoms with Crippen molar-refractivity contribution in [1.29, 1.82) is 5.26 Å². The molecule has 106 valence electrons. The summed E-state index contributed by atoms with van der Waals surface area (Å²) in [6, 6.07) is 6.38. The molecular formula is C13H13Cl2N3O2. The highest BCUT2D eigenvalue weighted by molar-refractivity contribution is 6.42. The van der Waals surface area contributed by atoms with Crippen molar-refractivity contribution in [2.24, 2.45) is 0 Å². The number of amides is 2. The first-order valence-electron chi connectivity index (χ1n) is 5.91. The lowest BCUT2D eigenvalue weighted by Crippen LogP contribution is -2.29. The molecule has 0 spiro atoms. The number of nitrogens with zero attached hydrogens (tertiary/aromatic N) is 1. The van der Waals surface area contributed by atoms with E-state index in [9.17, 15) is 9.59 Å². The average molecular weight is 314 g/mol. The second-order valence-electron chi connectivity index (χ2n) is 3.92. The van der Waals surface area contributed by atoms with Crippen LogP contribution >= 0.6 is 23.2 Å². The number of hydrogen-bond donors (Lipinski definition) is 2. The summed E-state index contributed by atoms with van der Waals surface area (Å²) >= 11 is 11.6. The van der Waals surface area contributed by atoms with E-state index in [1.807, 2.05) is 0 Å². The van der Waals surface area contributed by atoms with E-state index >= 15 is 0 Å². The molecule has 0 unspecified atom stereocenters. The van der Waals surface area contributed by atoms with E-state index in [4.69, 9.17) is 28.5 Å². The normalized spacial score (nSPS) is 9.65. The first kappa shape index (κ1) is 16.3. The number of benzene rings is 1. The Morgan fingerprint density at radius 3 is 2.50 bits per heavy atom. The van der Waals surface area contributed by atoms with Gasteiger partial charge in [-0.3, -0.25) is 9.59 Å². The Morgan fingerprint density at radius 2 is 1.85 bits per heavy atom. The van der Waals surface area contributed by atoms with Crippen LogP contribution < -0.4 is 10.6 Å². The molecule has 20 heavy (non-hydrogen) atoms. The van der Waals surface area contributed by atoms with Gasteiger partial charge in [-0.05, 0) is 24.6 Å². The fourth-order valence-electron chi connectivity index (χ4n) is 1.39. The standard InChI is InChI=1S/C13H13Cl2N3O2/c14-10-3-2-9(8-11(10)15)13(20)18-7-1-6-17-12(19)4-5-16/h2-3,8H,1,4,6-7H2,(H,17,19)(H,18,20). The summed E-state index contributed by atoms with van der Waals surface area (Å²) in [7, 11) is 0. The van der Waals surface area contributed by atoms with Gasteiger partial charge >= 0.3 is 0 Å². The van der Waals surface area contributed by atoms with Crippen LogP contribution in [-0.4, -0.2) is 24.9 Å². The Bertz CT molecular complexity index is 541. The molecule has 1 aromatic rings. The molecule has 0 aliphatic heterocycles. The van der Waals surface area contributed by atoms with E-state index in [1.165, 1.54) is 6.07 Å². The number of halogens is 2. The topological polar surface area (TPSA) is 82.0 Å². The van der Waals surface area contributed by atoms with E-state index in [1.54, 1.807) is 18.2 Å². The number of carbonyl (C=O) groups excluding carboxylic acids is 2. The molecule has 0 aliphatic rings. The third-order valence-electron chi connectivity index (χ3n) is 2.38. The van der Waals surface area contributed by atoms with Crippen LogP contribution in [0.1, 0.15) is 23.2 Å². The molecule has 1 rings (SSSR count). The van der Waals surface area contributed by atoms with Gasteiger partial charge in [-0.2, -0.15) is 5.26 Å². The van der Waals surface area contributed by atoms with Gasteiger partial charge in [-0.15, -0.1) is 0 Å². The highest BCUT2D eigenvalue weighted by Gasteiger charge is 2.07. The summed E-state index contributed by atoms with van der Waals surface area (Å²) < 4.78 is 0. The maximum absolute atomic E-state index is 11.8. The Balaban J connectivity index is 2.28. The lowest BCUT2D eigenvalue weighted by molar-refractivity contribution is -0.120. The third kappa shape index (κ3) is 5.47. The molecule has 0 atom stereocenters. The van der Waals surface area contributed by atoms with Crippen LogP contribution in [0.15, 0.2) is 18.2 Å². The van der Waals surface area contributed by atoms with Crippen LogP contribution in [0.5, 0.6) is 0 Å². The SMILES string of the molecule is N#CCC(=O)NCCCNC(=O)c1ccc(Cl)c(Cl)c1. The first-order valence-corrected chi connectivity index (χ1v) is 6.67. The largest absolute Gasteiger partial charge is 0.355 e. The Labute approximate surface area is 126 Å². The lowest BCUT2D eigenvalue weighted by Gasteiger charge is -2.06. The van der Waals surface area contributed by atoms with E-state index in [0.717, 1.165) is 0 Å². The first-order chi connectivity index (χ1) is 9.54. The molecule has 0 saturated heterocycles. The van der Waals surface area contributed by atoms with Crippen molar-refractivity contribution in [3.63, 3.8) is 0 Å². The Kier molecular flexibility index (Phi) is 6.85. The minimum absolute atomic E-state index is 0.157. The van der Waals surface area contributed by atoms with Gasteiger partial charge in [0.1, 0.15) is 6.42 Å². The maximum atomic E-state index is 11.8. The van der Waals surface area contributed by atoms with E-state index in [-0.39, 0.29) is 18.2 Å². The molecule has 0 aromatic heterocycles. The van der Waals surface area contributed by atoms with Crippen LogP contribution in [0.25, 0.3) is 0 Å². The van der Waals surface area contributed by atoms with E-state index in [2.05, 4.69) is 10.6 Å². The van der Waals surface area contributed by atoms with Crippen LogP contribution in [-0.2, 0) is 4.79 Å². The van der Waals surface area contributed by atoms with Gasteiger partial charge in [-0.1, -0.05) is 23.2 Å². The maximum Gasteiger partial charge on any atom is 0.251 e. The summed E-state index contributed by atoms with van der Waals surface area (Å²) in [6.45, 7) is 0.814. The Hall–Kier alpha value is -1.77. The molecule has 0 radical (unpaired) electrons. The molecule has 5 nitrogen and oxygen atoms in total. The summed E-state index contributed by atoms with van der Waals surface area (Å²) in [4.78, 5) is 22.7. The monoisotopic (exact) mass is 313 g/mol. The summed E-state index contributed by atoms with van der Waals surface area (Å²) in [5.41, 5.74) is 0.424. The summed E-state index contributed by atoms with van der Waals surface area (Å²) in [6.07, 6.45) is 0.417. The number of hydrogen-bond acceptors (Lipinski definition) is 3. The van der Waals surface area contributed by atoms with Gasteiger partial charge in [0, 0.05) is 18.7 Å². The summed E-state index contributed by atoms with van der Waals surface area (Å²) in [5, 5.41) is 14.3. The van der Waals surface area contributed by atoms with E-state index in [0.29, 0.717) is 35.1 Å². The molecule has 7 heteroatoms. The predicted octanol–water partition coefficient (Wildman–Crippen LogP) is 2.14. The number of nitriles is 1. The minimum Gasteiger partial charge on any atom is -0.355 e. The average Bonchev–Trinajstić information content (AvgIpc) is 2.41. The second kappa shape index (κ2) is 8.41. The molecule has 0 aliphatic carbocycles. The fraction of sp³-hybridized carbons (Fsp3) is 0.308. The number of nitrogens with one attached hydrogen (secondary N) is 2. The smallest absolute Gasteiger partial charge is 0.251 e. The zero-order chi connectivity index (χ0) is 15.0. The molecule has 2 amide bonds. The molecular weight excluding hydrogens is 301 g/mol. The van der Waals surface area contributed by atoms with Crippen molar-refractivity contribution >= 4 is 35.0 Å². The van der Waals surface area contributed by atoms with E-state index < -0.39 is 0 Å². The van der Waals surface area contributed by atoms with Crippen molar-refractivity contribution < 1.29 is 9.59 Å². The highest BCUT2D eigenvalue weighted by atomic mass is 35.5. The van der Waals surface area contributed by atoms with Crippen LogP contribution in [0.3, 0.4) is 0 Å². The van der Waals surface area contributed by atoms with Gasteiger partial charge in [0.05, 0.1) is 16.1 Å². The van der Waals surface area contributed by atoms with Crippen molar-refractivity contribution in [2.45, 2.75) is 12.8 Å². The van der Waals surface area contributed by atoms with Gasteiger partial charge in [0.2, 0.25) is 5.91 Å². The zero-order valence-corrected chi connectivity index (χ0v) is 12.1. The zero-order valence-electron chi connectivity index (χ0n) is 10.6. The van der Waals surface area contributed by atoms with Crippen LogP contribution in [0, 0.1) is 11.3 Å². The molecule has 0 saturated carbocycles. The lowest BCUT2D eigenvalue weighted by atomic mass is 10.2. The van der Waals surface area contributed by atoms with Crippen LogP contribution in [0.2, 0.25) is 10.0 Å². The van der Waals surface area contributed by atoms with Gasteiger partial charge in [0.25, 0.3) is 5.91 Å². The highest BCUT2D eigenvalue weighted by Crippen LogP contribution is 2.22. The van der Waals surface area contributed by atoms with Gasteiger partial charge in [-0.25, -0.2) is 0 Å². The van der Waals surface area contributed by atoms with Crippen LogP contribution in [0.4, 0.5) is 0 Å². The van der Waals surface area contributed by atoms with Crippen molar-refractivity contribution in [3.8, 4) is 6.07 Å². The number of rotatable bonds is 6. The third-order valence-corrected chi connectivity index (χ3v) is 3.12. The Morgan fingerprint density at radius 1 is 1.15 bits per heavy atom. The molecule has 1 aromatic carbocycles. The minimum atomic E-state index is -0.316. The molecule has 2 N–H and O–H groups in total. The van der Waals surface area contributed by atoms with Crippen molar-refractivity contribution in [2.75, 3.05) is 13.1 Å². The quantitative estimate of drug-likeness (QED) is 0.789. The van der Waals surface area contributed by atoms with Crippen molar-refractivity contribution in [1.82, 2.24) is 10.6 Å². The summed E-state index contributed by atoms with van der Waals surface area (Å²) in [5.74, 6) is -0.574. The predicted molar refractivity (Wildman–Crippen MR) is 76.7 cm³/mol. The van der Waals surface area contributed by atoms with Gasteiger partial charge < -0.3 is 10.6 Å². The second-order valence-corrected chi connectivity index (χ2v) is 4.74.